The summed E-state index contributed by atoms with van der Waals surface area (Å²) in [6.45, 7) is 2.47. The van der Waals surface area contributed by atoms with Crippen molar-refractivity contribution in [1.82, 2.24) is 36.3 Å². The maximum atomic E-state index is 15.9. The number of aromatic nitrogens is 1. The van der Waals surface area contributed by atoms with Gasteiger partial charge < -0.3 is 40.2 Å². The standard InChI is InChI=1S/C39H50F8N8O8/c1-36(2,38(42,43)44)30(50-34(59)61-5)32(57)49-13-25(56)16-54(52-33(58)31(51-35(60)62-6)37(3,4)39(45,46)47)17-26-27(40)9-21(10-28(26)41)20-7-8-29(48-12-20)53-14-22-11-23(15-53)55(22)24-18-63-19-24/h7-10,12,22-25,30-31,56H,11,13-19H2,1-6H3,(H,49,57)(H,50,59)(H,51,60)(H,52,58)/t22?,23?,25-,30?,31-/m1/s1. The van der Waals surface area contributed by atoms with Crippen molar-refractivity contribution in [2.45, 2.75) is 89.3 Å². The number of alkyl carbamates (subject to hydrolysis) is 2. The van der Waals surface area contributed by atoms with Crippen molar-refractivity contribution >= 4 is 29.8 Å². The number of hydrogen-bond acceptors (Lipinski definition) is 12. The number of carbonyl (C=O) groups is 4. The highest BCUT2D eigenvalue weighted by Gasteiger charge is 2.57. The average molecular weight is 911 g/mol. The highest BCUT2D eigenvalue weighted by atomic mass is 19.4. The molecule has 2 aromatic rings. The molecular weight excluding hydrogens is 860 g/mol. The van der Waals surface area contributed by atoms with Crippen LogP contribution in [0.15, 0.2) is 30.5 Å². The highest BCUT2D eigenvalue weighted by Crippen LogP contribution is 2.42. The molecule has 4 aliphatic rings. The summed E-state index contributed by atoms with van der Waals surface area (Å²) in [5.74, 6) is -4.77. The summed E-state index contributed by atoms with van der Waals surface area (Å²) < 4.78 is 130. The van der Waals surface area contributed by atoms with Crippen molar-refractivity contribution in [2.75, 3.05) is 58.5 Å². The number of benzene rings is 1. The number of hydrogen-bond donors (Lipinski definition) is 5. The van der Waals surface area contributed by atoms with Gasteiger partial charge >= 0.3 is 24.5 Å². The van der Waals surface area contributed by atoms with Crippen LogP contribution in [0.2, 0.25) is 0 Å². The van der Waals surface area contributed by atoms with Gasteiger partial charge in [-0.15, -0.1) is 0 Å². The van der Waals surface area contributed by atoms with E-state index in [0.717, 1.165) is 45.9 Å². The number of alkyl halides is 6. The topological polar surface area (TPSA) is 187 Å². The Morgan fingerprint density at radius 3 is 1.81 bits per heavy atom. The van der Waals surface area contributed by atoms with Gasteiger partial charge in [0.05, 0.1) is 50.4 Å². The summed E-state index contributed by atoms with van der Waals surface area (Å²) in [7, 11) is 1.66. The van der Waals surface area contributed by atoms with Crippen LogP contribution in [-0.4, -0.2) is 146 Å². The Kier molecular flexibility index (Phi) is 14.7. The first-order chi connectivity index (χ1) is 29.3. The van der Waals surface area contributed by atoms with Gasteiger partial charge in [-0.25, -0.2) is 28.4 Å². The molecule has 0 spiro atoms. The number of aliphatic hydroxyl groups is 1. The number of aliphatic hydroxyl groups excluding tert-OH is 1. The lowest BCUT2D eigenvalue weighted by atomic mass is 9.83. The summed E-state index contributed by atoms with van der Waals surface area (Å²) in [5.41, 5.74) is -4.25. The smallest absolute Gasteiger partial charge is 0.407 e. The number of anilines is 1. The van der Waals surface area contributed by atoms with Crippen molar-refractivity contribution in [3.8, 4) is 11.1 Å². The number of ether oxygens (including phenoxy) is 3. The predicted octanol–water partition coefficient (Wildman–Crippen LogP) is 3.63. The molecule has 16 nitrogen and oxygen atoms in total. The molecule has 5 N–H and O–H groups in total. The summed E-state index contributed by atoms with van der Waals surface area (Å²) in [4.78, 5) is 59.6. The van der Waals surface area contributed by atoms with Gasteiger partial charge in [0, 0.05) is 62.1 Å². The molecule has 5 atom stereocenters. The molecule has 4 aliphatic heterocycles. The Bertz CT molecular complexity index is 1950. The number of nitrogens with zero attached hydrogens (tertiary/aromatic N) is 4. The Labute approximate surface area is 356 Å². The Balaban J connectivity index is 1.36. The van der Waals surface area contributed by atoms with Crippen LogP contribution in [0, 0.1) is 22.5 Å². The minimum Gasteiger partial charge on any atom is -0.453 e. The van der Waals surface area contributed by atoms with Crippen LogP contribution in [-0.2, 0) is 30.3 Å². The first kappa shape index (κ1) is 49.0. The number of halogens is 8. The second-order valence-electron chi connectivity index (χ2n) is 16.7. The van der Waals surface area contributed by atoms with E-state index in [1.54, 1.807) is 22.8 Å². The van der Waals surface area contributed by atoms with Crippen LogP contribution < -0.4 is 26.3 Å². The fourth-order valence-corrected chi connectivity index (χ4v) is 7.51. The number of nitrogens with one attached hydrogen (secondary N) is 4. The van der Waals surface area contributed by atoms with Gasteiger partial charge in [0.1, 0.15) is 29.5 Å². The molecule has 0 saturated carbocycles. The number of hydrazine groups is 1. The first-order valence-corrected chi connectivity index (χ1v) is 19.7. The minimum atomic E-state index is -5.13. The van der Waals surface area contributed by atoms with Gasteiger partial charge in [-0.1, -0.05) is 0 Å². The van der Waals surface area contributed by atoms with E-state index >= 15 is 8.78 Å². The van der Waals surface area contributed by atoms with Crippen molar-refractivity contribution in [3.63, 3.8) is 0 Å². The fraction of sp³-hybridized carbons (Fsp3) is 0.615. The van der Waals surface area contributed by atoms with Gasteiger partial charge in [0.15, 0.2) is 0 Å². The summed E-state index contributed by atoms with van der Waals surface area (Å²) >= 11 is 0. The molecule has 5 heterocycles. The average Bonchev–Trinajstić information content (AvgIpc) is 3.19. The normalized spacial score (nSPS) is 19.8. The fourth-order valence-electron chi connectivity index (χ4n) is 7.51. The Morgan fingerprint density at radius 2 is 1.37 bits per heavy atom. The zero-order valence-corrected chi connectivity index (χ0v) is 35.1. The Morgan fingerprint density at radius 1 is 0.841 bits per heavy atom. The lowest BCUT2D eigenvalue weighted by Crippen LogP contribution is -2.74. The number of piperazine rings is 1. The second kappa shape index (κ2) is 19.0. The van der Waals surface area contributed by atoms with E-state index in [2.05, 4.69) is 24.3 Å². The van der Waals surface area contributed by atoms with E-state index in [1.807, 2.05) is 10.7 Å². The van der Waals surface area contributed by atoms with Crippen LogP contribution in [0.25, 0.3) is 11.1 Å². The number of pyridine rings is 1. The molecule has 0 aliphatic carbocycles. The van der Waals surface area contributed by atoms with E-state index in [0.29, 0.717) is 75.4 Å². The second-order valence-corrected chi connectivity index (χ2v) is 16.7. The number of methoxy groups -OCH3 is 2. The molecule has 2 bridgehead atoms. The summed E-state index contributed by atoms with van der Waals surface area (Å²) in [6, 6.07) is 1.63. The number of rotatable bonds is 16. The monoisotopic (exact) mass is 910 g/mol. The Hall–Kier alpha value is -5.07. The first-order valence-electron chi connectivity index (χ1n) is 19.7. The van der Waals surface area contributed by atoms with Gasteiger partial charge in [-0.2, -0.15) is 26.3 Å². The van der Waals surface area contributed by atoms with Crippen LogP contribution in [0.5, 0.6) is 0 Å². The van der Waals surface area contributed by atoms with Gasteiger partial charge in [-0.05, 0) is 63.9 Å². The summed E-state index contributed by atoms with van der Waals surface area (Å²) in [5, 5.41) is 17.1. The van der Waals surface area contributed by atoms with E-state index < -0.39 is 102 Å². The van der Waals surface area contributed by atoms with Gasteiger partial charge in [0.2, 0.25) is 5.91 Å². The molecule has 1 aromatic carbocycles. The van der Waals surface area contributed by atoms with Gasteiger partial charge in [0.25, 0.3) is 5.91 Å². The third-order valence-electron chi connectivity index (χ3n) is 11.7. The number of amides is 4. The maximum Gasteiger partial charge on any atom is 0.407 e. The third-order valence-corrected chi connectivity index (χ3v) is 11.7. The number of carbonyl (C=O) groups excluding carboxylic acids is 4. The van der Waals surface area contributed by atoms with Crippen LogP contribution in [0.3, 0.4) is 0 Å². The lowest BCUT2D eigenvalue weighted by Gasteiger charge is -2.60. The highest BCUT2D eigenvalue weighted by molar-refractivity contribution is 5.87. The number of piperidine rings is 1. The molecule has 350 valence electrons. The molecule has 1 aromatic heterocycles. The van der Waals surface area contributed by atoms with Crippen LogP contribution >= 0.6 is 0 Å². The lowest BCUT2D eigenvalue weighted by molar-refractivity contribution is -0.221. The zero-order valence-electron chi connectivity index (χ0n) is 35.1. The van der Waals surface area contributed by atoms with E-state index in [9.17, 15) is 50.6 Å². The minimum absolute atomic E-state index is 0.0509. The zero-order chi connectivity index (χ0) is 46.8. The molecule has 0 radical (unpaired) electrons. The third kappa shape index (κ3) is 10.8. The van der Waals surface area contributed by atoms with Crippen molar-refractivity contribution in [1.29, 1.82) is 0 Å². The molecule has 4 fully saturated rings. The largest absolute Gasteiger partial charge is 0.453 e. The van der Waals surface area contributed by atoms with Crippen molar-refractivity contribution < 1.29 is 73.6 Å². The molecule has 24 heteroatoms. The van der Waals surface area contributed by atoms with Crippen molar-refractivity contribution in [2.24, 2.45) is 10.8 Å². The quantitative estimate of drug-likeness (QED) is 0.122. The van der Waals surface area contributed by atoms with E-state index in [4.69, 9.17) is 4.74 Å². The SMILES string of the molecule is COC(=O)NC(C(=O)NC[C@@H](O)CN(Cc1c(F)cc(-c2ccc(N3CC4CC(C3)N4C3COC3)nc2)cc1F)NC(=O)[C@@H](NC(=O)OC)C(C)(C)C(F)(F)F)C(C)(C)C(F)(F)F. The van der Waals surface area contributed by atoms with Crippen LogP contribution in [0.4, 0.5) is 50.5 Å². The molecule has 63 heavy (non-hydrogen) atoms. The van der Waals surface area contributed by atoms with Crippen molar-refractivity contribution in [3.05, 3.63) is 47.7 Å². The van der Waals surface area contributed by atoms with Crippen LogP contribution in [0.1, 0.15) is 39.7 Å². The molecular formula is C39H50F8N8O8. The van der Waals surface area contributed by atoms with E-state index in [-0.39, 0.29) is 5.56 Å². The van der Waals surface area contributed by atoms with E-state index in [1.165, 1.54) is 6.20 Å². The molecule has 4 saturated heterocycles. The predicted molar refractivity (Wildman–Crippen MR) is 206 cm³/mol. The van der Waals surface area contributed by atoms with Gasteiger partial charge in [-0.3, -0.25) is 19.9 Å². The maximum absolute atomic E-state index is 15.9. The summed E-state index contributed by atoms with van der Waals surface area (Å²) in [6.07, 6.45) is -12.4. The molecule has 6 rings (SSSR count). The molecule has 3 unspecified atom stereocenters. The number of fused-ring (bicyclic) bond motifs is 2. The molecule has 4 amide bonds.